The second kappa shape index (κ2) is 5.72. The van der Waals surface area contributed by atoms with E-state index in [1.54, 1.807) is 12.4 Å². The van der Waals surface area contributed by atoms with Crippen LogP contribution in [0.1, 0.15) is 5.69 Å². The third kappa shape index (κ3) is 2.45. The fourth-order valence-corrected chi connectivity index (χ4v) is 3.16. The third-order valence-electron chi connectivity index (χ3n) is 3.86. The zero-order valence-electron chi connectivity index (χ0n) is 12.8. The lowest BCUT2D eigenvalue weighted by molar-refractivity contribution is 0.882. The Morgan fingerprint density at radius 3 is 2.62 bits per heavy atom. The van der Waals surface area contributed by atoms with Crippen molar-refractivity contribution < 1.29 is 0 Å². The number of H-pyrrole nitrogens is 1. The lowest BCUT2D eigenvalue weighted by atomic mass is 10.1. The van der Waals surface area contributed by atoms with Crippen LogP contribution in [-0.2, 0) is 0 Å². The van der Waals surface area contributed by atoms with E-state index < -0.39 is 0 Å². The van der Waals surface area contributed by atoms with E-state index in [4.69, 9.17) is 4.98 Å². The molecule has 0 atom stereocenters. The van der Waals surface area contributed by atoms with Crippen LogP contribution in [-0.4, -0.2) is 19.6 Å². The van der Waals surface area contributed by atoms with Crippen molar-refractivity contribution in [3.05, 3.63) is 75.4 Å². The Morgan fingerprint density at radius 1 is 1.08 bits per heavy atom. The first-order valence-electron chi connectivity index (χ1n) is 7.42. The molecule has 118 valence electrons. The van der Waals surface area contributed by atoms with Crippen molar-refractivity contribution in [3.8, 4) is 22.4 Å². The van der Waals surface area contributed by atoms with Crippen LogP contribution in [0.4, 0.5) is 0 Å². The molecule has 0 saturated heterocycles. The minimum Gasteiger partial charge on any atom is -0.293 e. The summed E-state index contributed by atoms with van der Waals surface area (Å²) in [6, 6.07) is 13.3. The summed E-state index contributed by atoms with van der Waals surface area (Å²) in [7, 11) is 0. The number of rotatable bonds is 2. The number of nitrogens with zero attached hydrogens (tertiary/aromatic N) is 3. The van der Waals surface area contributed by atoms with Crippen molar-refractivity contribution in [1.82, 2.24) is 19.6 Å². The largest absolute Gasteiger partial charge is 0.293 e. The number of pyridine rings is 1. The number of aryl methyl sites for hydroxylation is 1. The molecule has 5 nitrogen and oxygen atoms in total. The van der Waals surface area contributed by atoms with Gasteiger partial charge < -0.3 is 0 Å². The van der Waals surface area contributed by atoms with Gasteiger partial charge in [0.1, 0.15) is 0 Å². The lowest BCUT2D eigenvalue weighted by Crippen LogP contribution is -2.14. The molecule has 0 amide bonds. The van der Waals surface area contributed by atoms with Crippen molar-refractivity contribution in [2.75, 3.05) is 0 Å². The van der Waals surface area contributed by atoms with Crippen molar-refractivity contribution in [3.63, 3.8) is 0 Å². The van der Waals surface area contributed by atoms with E-state index in [-0.39, 0.29) is 5.56 Å². The Kier molecular flexibility index (Phi) is 3.54. The predicted octanol–water partition coefficient (Wildman–Crippen LogP) is 3.82. The molecule has 3 aromatic heterocycles. The summed E-state index contributed by atoms with van der Waals surface area (Å²) >= 11 is 3.40. The Morgan fingerprint density at radius 2 is 1.88 bits per heavy atom. The molecule has 0 spiro atoms. The number of fused-ring (bicyclic) bond motifs is 1. The highest BCUT2D eigenvalue weighted by Crippen LogP contribution is 2.27. The molecule has 0 unspecified atom stereocenters. The van der Waals surface area contributed by atoms with Gasteiger partial charge in [-0.3, -0.25) is 14.9 Å². The van der Waals surface area contributed by atoms with Gasteiger partial charge in [0, 0.05) is 39.8 Å². The highest BCUT2D eigenvalue weighted by Gasteiger charge is 2.15. The smallest absolute Gasteiger partial charge is 0.273 e. The molecule has 0 aliphatic rings. The average Bonchev–Trinajstić information content (AvgIpc) is 2.92. The van der Waals surface area contributed by atoms with E-state index in [0.717, 1.165) is 26.9 Å². The van der Waals surface area contributed by atoms with Crippen LogP contribution >= 0.6 is 15.9 Å². The van der Waals surface area contributed by atoms with E-state index in [0.29, 0.717) is 11.3 Å². The number of aromatic nitrogens is 4. The molecular weight excluding hydrogens is 368 g/mol. The maximum absolute atomic E-state index is 12.5. The summed E-state index contributed by atoms with van der Waals surface area (Å²) in [6.07, 6.45) is 3.40. The van der Waals surface area contributed by atoms with Gasteiger partial charge in [0.2, 0.25) is 0 Å². The second-order valence-electron chi connectivity index (χ2n) is 5.51. The maximum Gasteiger partial charge on any atom is 0.273 e. The number of hydrogen-bond acceptors (Lipinski definition) is 3. The number of halogens is 1. The molecule has 1 aromatic carbocycles. The van der Waals surface area contributed by atoms with E-state index in [2.05, 4.69) is 26.0 Å². The van der Waals surface area contributed by atoms with Gasteiger partial charge in [0.05, 0.1) is 5.69 Å². The summed E-state index contributed by atoms with van der Waals surface area (Å²) in [5.41, 5.74) is 4.70. The molecule has 0 bridgehead atoms. The Bertz CT molecular complexity index is 1100. The fraction of sp³-hybridized carbons (Fsp3) is 0.0556. The van der Waals surface area contributed by atoms with Crippen LogP contribution in [0.25, 0.3) is 28.0 Å². The average molecular weight is 381 g/mol. The quantitative estimate of drug-likeness (QED) is 0.574. The van der Waals surface area contributed by atoms with E-state index >= 15 is 0 Å². The van der Waals surface area contributed by atoms with Crippen LogP contribution in [0.3, 0.4) is 0 Å². The topological polar surface area (TPSA) is 63.0 Å². The first-order chi connectivity index (χ1) is 11.6. The van der Waals surface area contributed by atoms with Gasteiger partial charge in [-0.15, -0.1) is 0 Å². The highest BCUT2D eigenvalue weighted by atomic mass is 79.9. The summed E-state index contributed by atoms with van der Waals surface area (Å²) in [6.45, 7) is 1.94. The zero-order valence-corrected chi connectivity index (χ0v) is 14.4. The van der Waals surface area contributed by atoms with E-state index in [1.807, 2.05) is 43.3 Å². The zero-order chi connectivity index (χ0) is 16.7. The summed E-state index contributed by atoms with van der Waals surface area (Å²) in [5.74, 6) is 0. The van der Waals surface area contributed by atoms with Crippen LogP contribution in [0.2, 0.25) is 0 Å². The molecule has 0 radical (unpaired) electrons. The van der Waals surface area contributed by atoms with Crippen LogP contribution < -0.4 is 5.56 Å². The van der Waals surface area contributed by atoms with Crippen molar-refractivity contribution in [2.24, 2.45) is 0 Å². The summed E-state index contributed by atoms with van der Waals surface area (Å²) in [5, 5.41) is 3.10. The third-order valence-corrected chi connectivity index (χ3v) is 4.29. The normalized spacial score (nSPS) is 11.1. The summed E-state index contributed by atoms with van der Waals surface area (Å²) < 4.78 is 2.32. The fourth-order valence-electron chi connectivity index (χ4n) is 2.80. The van der Waals surface area contributed by atoms with Gasteiger partial charge in [-0.2, -0.15) is 0 Å². The Hall–Kier alpha value is -2.73. The monoisotopic (exact) mass is 380 g/mol. The van der Waals surface area contributed by atoms with Gasteiger partial charge in [-0.25, -0.2) is 9.50 Å². The van der Waals surface area contributed by atoms with Gasteiger partial charge in [-0.1, -0.05) is 30.3 Å². The van der Waals surface area contributed by atoms with E-state index in [9.17, 15) is 4.79 Å². The molecule has 1 N–H and O–H groups in total. The van der Waals surface area contributed by atoms with E-state index in [1.165, 1.54) is 10.6 Å². The van der Waals surface area contributed by atoms with Gasteiger partial charge in [-0.05, 0) is 34.5 Å². The SMILES string of the molecule is Cc1[nH]n2c(=O)cc(-c3cncc(Br)c3)nc2c1-c1ccccc1. The van der Waals surface area contributed by atoms with Crippen molar-refractivity contribution in [2.45, 2.75) is 6.92 Å². The number of aromatic amines is 1. The number of nitrogens with one attached hydrogen (secondary N) is 1. The standard InChI is InChI=1S/C18H13BrN4O/c1-11-17(12-5-3-2-4-6-12)18-21-15(8-16(24)23(18)22-11)13-7-14(19)10-20-9-13/h2-10,22H,1H3. The molecule has 4 rings (SSSR count). The molecule has 24 heavy (non-hydrogen) atoms. The minimum absolute atomic E-state index is 0.153. The molecular formula is C18H13BrN4O. The summed E-state index contributed by atoms with van der Waals surface area (Å²) in [4.78, 5) is 21.4. The first-order valence-corrected chi connectivity index (χ1v) is 8.21. The van der Waals surface area contributed by atoms with Crippen molar-refractivity contribution in [1.29, 1.82) is 0 Å². The lowest BCUT2D eigenvalue weighted by Gasteiger charge is -2.03. The first kappa shape index (κ1) is 14.8. The molecule has 0 aliphatic heterocycles. The maximum atomic E-state index is 12.5. The van der Waals surface area contributed by atoms with Gasteiger partial charge >= 0.3 is 0 Å². The molecule has 0 fully saturated rings. The van der Waals surface area contributed by atoms with Gasteiger partial charge in [0.25, 0.3) is 5.56 Å². The van der Waals surface area contributed by atoms with Crippen LogP contribution in [0.15, 0.2) is 64.1 Å². The molecule has 6 heteroatoms. The molecule has 4 aromatic rings. The molecule has 3 heterocycles. The Balaban J connectivity index is 2.02. The number of benzene rings is 1. The van der Waals surface area contributed by atoms with Crippen LogP contribution in [0.5, 0.6) is 0 Å². The predicted molar refractivity (Wildman–Crippen MR) is 96.9 cm³/mol. The molecule has 0 aliphatic carbocycles. The minimum atomic E-state index is -0.153. The highest BCUT2D eigenvalue weighted by molar-refractivity contribution is 9.10. The van der Waals surface area contributed by atoms with Crippen molar-refractivity contribution >= 4 is 21.6 Å². The Labute approximate surface area is 146 Å². The van der Waals surface area contributed by atoms with Crippen LogP contribution in [0, 0.1) is 6.92 Å². The van der Waals surface area contributed by atoms with Gasteiger partial charge in [0.15, 0.2) is 5.65 Å². The molecule has 0 saturated carbocycles. The number of hydrogen-bond donors (Lipinski definition) is 1. The second-order valence-corrected chi connectivity index (χ2v) is 6.42.